The standard InChI is InChI=1S/C21H29N3O4S3/c1-6-8-23-20(26)18-14(4)15(5)30-19(18)22-21(23)29-11-17(25)24(10-13(2)3)16-7-9-31(27,28)12-16/h6,13,16H,1,7-12H2,2-5H3/t16-/m1/s1. The number of carbonyl (C=O) groups is 1. The number of aryl methyl sites for hydroxylation is 2. The third kappa shape index (κ3) is 5.23. The van der Waals surface area contributed by atoms with E-state index in [0.29, 0.717) is 34.9 Å². The minimum atomic E-state index is -3.09. The first-order chi connectivity index (χ1) is 14.5. The van der Waals surface area contributed by atoms with Crippen LogP contribution in [0.4, 0.5) is 0 Å². The van der Waals surface area contributed by atoms with Crippen LogP contribution in [0, 0.1) is 19.8 Å². The van der Waals surface area contributed by atoms with Crippen LogP contribution >= 0.6 is 23.1 Å². The van der Waals surface area contributed by atoms with Crippen LogP contribution < -0.4 is 5.56 Å². The van der Waals surface area contributed by atoms with E-state index in [-0.39, 0.29) is 40.7 Å². The Morgan fingerprint density at radius 1 is 1.42 bits per heavy atom. The van der Waals surface area contributed by atoms with E-state index >= 15 is 0 Å². The third-order valence-corrected chi connectivity index (χ3v) is 9.23. The van der Waals surface area contributed by atoms with Gasteiger partial charge in [-0.2, -0.15) is 0 Å². The van der Waals surface area contributed by atoms with Crippen LogP contribution in [0.5, 0.6) is 0 Å². The number of carbonyl (C=O) groups excluding carboxylic acids is 1. The van der Waals surface area contributed by atoms with Crippen molar-refractivity contribution < 1.29 is 13.2 Å². The first kappa shape index (κ1) is 24.0. The summed E-state index contributed by atoms with van der Waals surface area (Å²) < 4.78 is 25.4. The number of thioether (sulfide) groups is 1. The number of nitrogens with zero attached hydrogens (tertiary/aromatic N) is 3. The summed E-state index contributed by atoms with van der Waals surface area (Å²) in [6.45, 7) is 12.5. The Balaban J connectivity index is 1.87. The molecule has 31 heavy (non-hydrogen) atoms. The van der Waals surface area contributed by atoms with E-state index < -0.39 is 9.84 Å². The van der Waals surface area contributed by atoms with Gasteiger partial charge in [-0.25, -0.2) is 13.4 Å². The van der Waals surface area contributed by atoms with Gasteiger partial charge in [0.25, 0.3) is 5.56 Å². The minimum absolute atomic E-state index is 0.0231. The lowest BCUT2D eigenvalue weighted by atomic mass is 10.1. The van der Waals surface area contributed by atoms with Gasteiger partial charge in [0, 0.05) is 24.0 Å². The molecule has 0 N–H and O–H groups in total. The zero-order valence-corrected chi connectivity index (χ0v) is 20.8. The topological polar surface area (TPSA) is 89.3 Å². The second-order valence-corrected chi connectivity index (χ2v) is 12.7. The molecule has 0 unspecified atom stereocenters. The Bertz CT molecular complexity index is 1160. The molecule has 10 heteroatoms. The molecule has 0 radical (unpaired) electrons. The summed E-state index contributed by atoms with van der Waals surface area (Å²) in [5.41, 5.74) is 0.816. The van der Waals surface area contributed by atoms with Crippen molar-refractivity contribution in [1.29, 1.82) is 0 Å². The fraction of sp³-hybridized carbons (Fsp3) is 0.571. The third-order valence-electron chi connectivity index (χ3n) is 5.42. The van der Waals surface area contributed by atoms with Crippen molar-refractivity contribution in [3.8, 4) is 0 Å². The van der Waals surface area contributed by atoms with Gasteiger partial charge in [-0.3, -0.25) is 14.2 Å². The summed E-state index contributed by atoms with van der Waals surface area (Å²) in [5.74, 6) is 0.347. The maximum Gasteiger partial charge on any atom is 0.263 e. The van der Waals surface area contributed by atoms with E-state index in [0.717, 1.165) is 10.4 Å². The molecule has 2 aromatic rings. The van der Waals surface area contributed by atoms with Crippen molar-refractivity contribution >= 4 is 49.1 Å². The van der Waals surface area contributed by atoms with Crippen molar-refractivity contribution in [1.82, 2.24) is 14.5 Å². The maximum absolute atomic E-state index is 13.1. The molecular formula is C21H29N3O4S3. The Hall–Kier alpha value is -1.65. The van der Waals surface area contributed by atoms with E-state index in [2.05, 4.69) is 11.6 Å². The fourth-order valence-electron chi connectivity index (χ4n) is 3.79. The second kappa shape index (κ2) is 9.46. The zero-order valence-electron chi connectivity index (χ0n) is 18.4. The van der Waals surface area contributed by atoms with Crippen molar-refractivity contribution in [2.45, 2.75) is 51.9 Å². The number of aromatic nitrogens is 2. The molecule has 3 rings (SSSR count). The lowest BCUT2D eigenvalue weighted by Gasteiger charge is -2.30. The minimum Gasteiger partial charge on any atom is -0.338 e. The number of allylic oxidation sites excluding steroid dienone is 1. The van der Waals surface area contributed by atoms with Crippen LogP contribution in [0.2, 0.25) is 0 Å². The number of rotatable bonds is 8. The number of thiophene rings is 1. The SMILES string of the molecule is C=CCn1c(SCC(=O)N(CC(C)C)[C@@H]2CCS(=O)(=O)C2)nc2sc(C)c(C)c2c1=O. The van der Waals surface area contributed by atoms with Gasteiger partial charge in [0.15, 0.2) is 15.0 Å². The average Bonchev–Trinajstić information content (AvgIpc) is 3.19. The molecule has 2 aromatic heterocycles. The predicted octanol–water partition coefficient (Wildman–Crippen LogP) is 3.02. The maximum atomic E-state index is 13.1. The average molecular weight is 484 g/mol. The highest BCUT2D eigenvalue weighted by molar-refractivity contribution is 7.99. The van der Waals surface area contributed by atoms with Crippen molar-refractivity contribution in [2.75, 3.05) is 23.8 Å². The summed E-state index contributed by atoms with van der Waals surface area (Å²) in [5, 5.41) is 1.10. The molecule has 0 aliphatic carbocycles. The normalized spacial score (nSPS) is 18.0. The van der Waals surface area contributed by atoms with Gasteiger partial charge < -0.3 is 4.90 Å². The van der Waals surface area contributed by atoms with E-state index in [4.69, 9.17) is 0 Å². The number of hydrogen-bond donors (Lipinski definition) is 0. The summed E-state index contributed by atoms with van der Waals surface area (Å²) in [6, 6.07) is -0.283. The largest absolute Gasteiger partial charge is 0.338 e. The zero-order chi connectivity index (χ0) is 22.9. The summed E-state index contributed by atoms with van der Waals surface area (Å²) in [6.07, 6.45) is 2.12. The molecule has 1 saturated heterocycles. The van der Waals surface area contributed by atoms with E-state index in [1.165, 1.54) is 23.1 Å². The quantitative estimate of drug-likeness (QED) is 0.326. The van der Waals surface area contributed by atoms with Crippen molar-refractivity contribution in [3.05, 3.63) is 33.4 Å². The van der Waals surface area contributed by atoms with Gasteiger partial charge in [-0.05, 0) is 31.7 Å². The number of fused-ring (bicyclic) bond motifs is 1. The predicted molar refractivity (Wildman–Crippen MR) is 128 cm³/mol. The van der Waals surface area contributed by atoms with E-state index in [1.54, 1.807) is 15.5 Å². The molecule has 0 aromatic carbocycles. The van der Waals surface area contributed by atoms with E-state index in [1.807, 2.05) is 27.7 Å². The molecular weight excluding hydrogens is 454 g/mol. The number of amides is 1. The molecule has 1 aliphatic heterocycles. The van der Waals surface area contributed by atoms with Gasteiger partial charge in [0.2, 0.25) is 5.91 Å². The first-order valence-electron chi connectivity index (χ1n) is 10.3. The van der Waals surface area contributed by atoms with Gasteiger partial charge in [0.05, 0.1) is 22.6 Å². The Kier molecular flexibility index (Phi) is 7.32. The van der Waals surface area contributed by atoms with Gasteiger partial charge in [0.1, 0.15) is 4.83 Å². The lowest BCUT2D eigenvalue weighted by molar-refractivity contribution is -0.130. The van der Waals surface area contributed by atoms with Crippen LogP contribution in [-0.2, 0) is 21.2 Å². The van der Waals surface area contributed by atoms with E-state index in [9.17, 15) is 18.0 Å². The van der Waals surface area contributed by atoms with Crippen LogP contribution in [0.1, 0.15) is 30.7 Å². The molecule has 0 spiro atoms. The molecule has 1 fully saturated rings. The van der Waals surface area contributed by atoms with Crippen LogP contribution in [0.25, 0.3) is 10.2 Å². The van der Waals surface area contributed by atoms with Gasteiger partial charge in [-0.15, -0.1) is 17.9 Å². The Labute approximate surface area is 191 Å². The van der Waals surface area contributed by atoms with Gasteiger partial charge in [-0.1, -0.05) is 31.7 Å². The number of hydrogen-bond acceptors (Lipinski definition) is 7. The molecule has 1 amide bonds. The lowest BCUT2D eigenvalue weighted by Crippen LogP contribution is -2.44. The van der Waals surface area contributed by atoms with Crippen molar-refractivity contribution in [2.24, 2.45) is 5.92 Å². The van der Waals surface area contributed by atoms with Crippen LogP contribution in [-0.4, -0.2) is 58.6 Å². The molecule has 170 valence electrons. The molecule has 7 nitrogen and oxygen atoms in total. The van der Waals surface area contributed by atoms with Gasteiger partial charge >= 0.3 is 0 Å². The Morgan fingerprint density at radius 3 is 2.71 bits per heavy atom. The monoisotopic (exact) mass is 483 g/mol. The summed E-state index contributed by atoms with van der Waals surface area (Å²) >= 11 is 2.70. The second-order valence-electron chi connectivity index (χ2n) is 8.35. The highest BCUT2D eigenvalue weighted by Crippen LogP contribution is 2.29. The molecule has 1 atom stereocenters. The van der Waals surface area contributed by atoms with Crippen LogP contribution in [0.15, 0.2) is 22.6 Å². The molecule has 1 aliphatic rings. The summed E-state index contributed by atoms with van der Waals surface area (Å²) in [4.78, 5) is 34.3. The first-order valence-corrected chi connectivity index (χ1v) is 13.9. The Morgan fingerprint density at radius 2 is 2.13 bits per heavy atom. The highest BCUT2D eigenvalue weighted by Gasteiger charge is 2.35. The summed E-state index contributed by atoms with van der Waals surface area (Å²) in [7, 11) is -3.09. The molecule has 0 saturated carbocycles. The number of sulfone groups is 1. The van der Waals surface area contributed by atoms with Crippen molar-refractivity contribution in [3.63, 3.8) is 0 Å². The highest BCUT2D eigenvalue weighted by atomic mass is 32.2. The smallest absolute Gasteiger partial charge is 0.263 e. The fourth-order valence-corrected chi connectivity index (χ4v) is 7.48. The van der Waals surface area contributed by atoms with Crippen LogP contribution in [0.3, 0.4) is 0 Å². The molecule has 0 bridgehead atoms. The molecule has 3 heterocycles.